The highest BCUT2D eigenvalue weighted by Gasteiger charge is 2.09. The van der Waals surface area contributed by atoms with Gasteiger partial charge in [0.2, 0.25) is 5.91 Å². The van der Waals surface area contributed by atoms with E-state index in [4.69, 9.17) is 0 Å². The van der Waals surface area contributed by atoms with Gasteiger partial charge >= 0.3 is 6.03 Å². The number of hydrazine groups is 1. The summed E-state index contributed by atoms with van der Waals surface area (Å²) in [6, 6.07) is 15.2. The summed E-state index contributed by atoms with van der Waals surface area (Å²) >= 11 is 0. The number of amides is 3. The minimum absolute atomic E-state index is 0.0331. The van der Waals surface area contributed by atoms with Gasteiger partial charge in [0.25, 0.3) is 0 Å². The Balaban J connectivity index is 1.65. The molecule has 2 rings (SSSR count). The van der Waals surface area contributed by atoms with Crippen LogP contribution in [0.25, 0.3) is 0 Å². The molecule has 0 spiro atoms. The molecule has 3 amide bonds. The van der Waals surface area contributed by atoms with Crippen LogP contribution >= 0.6 is 0 Å². The maximum atomic E-state index is 12.8. The summed E-state index contributed by atoms with van der Waals surface area (Å²) in [6.07, 6.45) is 1.71. The number of hydrogen-bond donors (Lipinski definition) is 3. The summed E-state index contributed by atoms with van der Waals surface area (Å²) < 4.78 is 12.8. The van der Waals surface area contributed by atoms with Gasteiger partial charge in [-0.25, -0.2) is 14.6 Å². The van der Waals surface area contributed by atoms with Crippen LogP contribution in [0.2, 0.25) is 0 Å². The number of urea groups is 1. The van der Waals surface area contributed by atoms with Crippen molar-refractivity contribution in [1.29, 1.82) is 0 Å². The Kier molecular flexibility index (Phi) is 6.95. The standard InChI is InChI=1S/C19H22FN3O2/c1-14(7-8-15-5-3-2-4-6-15)21-19(25)23-22-18(24)13-16-9-11-17(20)12-10-16/h2-6,9-12,14H,7-8,13H2,1H3,(H,22,24)(H2,21,23,25). The van der Waals surface area contributed by atoms with Crippen molar-refractivity contribution < 1.29 is 14.0 Å². The Morgan fingerprint density at radius 1 is 0.960 bits per heavy atom. The highest BCUT2D eigenvalue weighted by Crippen LogP contribution is 2.05. The van der Waals surface area contributed by atoms with Crippen LogP contribution in [0.1, 0.15) is 24.5 Å². The zero-order valence-electron chi connectivity index (χ0n) is 14.1. The van der Waals surface area contributed by atoms with Gasteiger partial charge in [0.05, 0.1) is 6.42 Å². The average Bonchev–Trinajstić information content (AvgIpc) is 2.61. The number of benzene rings is 2. The maximum Gasteiger partial charge on any atom is 0.333 e. The lowest BCUT2D eigenvalue weighted by molar-refractivity contribution is -0.121. The second-order valence-electron chi connectivity index (χ2n) is 5.88. The molecule has 0 saturated carbocycles. The molecule has 0 fully saturated rings. The van der Waals surface area contributed by atoms with E-state index < -0.39 is 6.03 Å². The predicted molar refractivity (Wildman–Crippen MR) is 94.1 cm³/mol. The van der Waals surface area contributed by atoms with Gasteiger partial charge in [-0.05, 0) is 43.0 Å². The number of nitrogens with one attached hydrogen (secondary N) is 3. The van der Waals surface area contributed by atoms with Crippen LogP contribution in [0, 0.1) is 5.82 Å². The number of aryl methyl sites for hydroxylation is 1. The Morgan fingerprint density at radius 2 is 1.64 bits per heavy atom. The first-order valence-corrected chi connectivity index (χ1v) is 8.16. The third-order valence-corrected chi connectivity index (χ3v) is 3.68. The SMILES string of the molecule is CC(CCc1ccccc1)NC(=O)NNC(=O)Cc1ccc(F)cc1. The van der Waals surface area contributed by atoms with Crippen molar-refractivity contribution in [2.45, 2.75) is 32.2 Å². The molecule has 1 atom stereocenters. The van der Waals surface area contributed by atoms with E-state index >= 15 is 0 Å². The van der Waals surface area contributed by atoms with E-state index in [0.29, 0.717) is 5.56 Å². The third kappa shape index (κ3) is 7.03. The van der Waals surface area contributed by atoms with E-state index in [9.17, 15) is 14.0 Å². The molecule has 6 heteroatoms. The largest absolute Gasteiger partial charge is 0.334 e. The van der Waals surface area contributed by atoms with E-state index in [1.807, 2.05) is 37.3 Å². The smallest absolute Gasteiger partial charge is 0.333 e. The van der Waals surface area contributed by atoms with E-state index in [0.717, 1.165) is 12.8 Å². The lowest BCUT2D eigenvalue weighted by Gasteiger charge is -2.15. The molecule has 132 valence electrons. The zero-order valence-corrected chi connectivity index (χ0v) is 14.1. The van der Waals surface area contributed by atoms with Crippen LogP contribution in [0.5, 0.6) is 0 Å². The molecular formula is C19H22FN3O2. The third-order valence-electron chi connectivity index (χ3n) is 3.68. The van der Waals surface area contributed by atoms with Gasteiger partial charge in [-0.3, -0.25) is 10.2 Å². The fourth-order valence-electron chi connectivity index (χ4n) is 2.32. The molecule has 3 N–H and O–H groups in total. The van der Waals surface area contributed by atoms with Gasteiger partial charge in [0, 0.05) is 6.04 Å². The molecule has 25 heavy (non-hydrogen) atoms. The van der Waals surface area contributed by atoms with Crippen LogP contribution in [-0.2, 0) is 17.6 Å². The lowest BCUT2D eigenvalue weighted by Crippen LogP contribution is -2.49. The minimum Gasteiger partial charge on any atom is -0.334 e. The van der Waals surface area contributed by atoms with Gasteiger partial charge in [-0.15, -0.1) is 0 Å². The summed E-state index contributed by atoms with van der Waals surface area (Å²) in [6.45, 7) is 1.91. The Labute approximate surface area is 146 Å². The lowest BCUT2D eigenvalue weighted by atomic mass is 10.1. The molecule has 0 aliphatic carbocycles. The first-order chi connectivity index (χ1) is 12.0. The number of carbonyl (C=O) groups excluding carboxylic acids is 2. The maximum absolute atomic E-state index is 12.8. The Hall–Kier alpha value is -2.89. The number of carbonyl (C=O) groups is 2. The molecule has 0 aromatic heterocycles. The minimum atomic E-state index is -0.465. The molecular weight excluding hydrogens is 321 g/mol. The Morgan fingerprint density at radius 3 is 2.32 bits per heavy atom. The van der Waals surface area contributed by atoms with Crippen molar-refractivity contribution in [3.05, 3.63) is 71.5 Å². The quantitative estimate of drug-likeness (QED) is 0.706. The molecule has 0 saturated heterocycles. The van der Waals surface area contributed by atoms with Crippen molar-refractivity contribution >= 4 is 11.9 Å². The summed E-state index contributed by atoms with van der Waals surface area (Å²) in [5, 5.41) is 2.76. The normalized spacial score (nSPS) is 11.4. The van der Waals surface area contributed by atoms with Crippen LogP contribution in [-0.4, -0.2) is 18.0 Å². The number of halogens is 1. The van der Waals surface area contributed by atoms with Gasteiger partial charge in [-0.1, -0.05) is 42.5 Å². The summed E-state index contributed by atoms with van der Waals surface area (Å²) in [7, 11) is 0. The number of hydrogen-bond acceptors (Lipinski definition) is 2. The summed E-state index contributed by atoms with van der Waals surface area (Å²) in [5.41, 5.74) is 6.53. The first kappa shape index (κ1) is 18.4. The van der Waals surface area contributed by atoms with Gasteiger partial charge in [0.15, 0.2) is 0 Å². The van der Waals surface area contributed by atoms with Crippen LogP contribution in [0.4, 0.5) is 9.18 Å². The summed E-state index contributed by atoms with van der Waals surface area (Å²) in [4.78, 5) is 23.5. The molecule has 2 aromatic rings. The van der Waals surface area contributed by atoms with Crippen LogP contribution in [0.15, 0.2) is 54.6 Å². The predicted octanol–water partition coefficient (Wildman–Crippen LogP) is 2.72. The molecule has 0 heterocycles. The van der Waals surface area contributed by atoms with E-state index in [-0.39, 0.29) is 24.2 Å². The van der Waals surface area contributed by atoms with Crippen molar-refractivity contribution in [3.63, 3.8) is 0 Å². The fourth-order valence-corrected chi connectivity index (χ4v) is 2.32. The first-order valence-electron chi connectivity index (χ1n) is 8.16. The van der Waals surface area contributed by atoms with Gasteiger partial charge in [0.1, 0.15) is 5.82 Å². The molecule has 0 aliphatic heterocycles. The average molecular weight is 343 g/mol. The van der Waals surface area contributed by atoms with Crippen LogP contribution < -0.4 is 16.2 Å². The monoisotopic (exact) mass is 343 g/mol. The highest BCUT2D eigenvalue weighted by atomic mass is 19.1. The van der Waals surface area contributed by atoms with E-state index in [2.05, 4.69) is 16.2 Å². The van der Waals surface area contributed by atoms with Gasteiger partial charge < -0.3 is 5.32 Å². The molecule has 2 aromatic carbocycles. The van der Waals surface area contributed by atoms with Crippen molar-refractivity contribution in [2.24, 2.45) is 0 Å². The zero-order chi connectivity index (χ0) is 18.1. The van der Waals surface area contributed by atoms with E-state index in [1.54, 1.807) is 0 Å². The van der Waals surface area contributed by atoms with Crippen molar-refractivity contribution in [2.75, 3.05) is 0 Å². The molecule has 0 bridgehead atoms. The topological polar surface area (TPSA) is 70.2 Å². The van der Waals surface area contributed by atoms with Crippen molar-refractivity contribution in [3.8, 4) is 0 Å². The van der Waals surface area contributed by atoms with Crippen LogP contribution in [0.3, 0.4) is 0 Å². The second-order valence-corrected chi connectivity index (χ2v) is 5.88. The molecule has 5 nitrogen and oxygen atoms in total. The Bertz CT molecular complexity index is 690. The van der Waals surface area contributed by atoms with E-state index in [1.165, 1.54) is 29.8 Å². The molecule has 0 aliphatic rings. The summed E-state index contributed by atoms with van der Waals surface area (Å²) in [5.74, 6) is -0.732. The molecule has 0 radical (unpaired) electrons. The highest BCUT2D eigenvalue weighted by molar-refractivity contribution is 5.82. The second kappa shape index (κ2) is 9.42. The fraction of sp³-hybridized carbons (Fsp3) is 0.263. The van der Waals surface area contributed by atoms with Gasteiger partial charge in [-0.2, -0.15) is 0 Å². The molecule has 1 unspecified atom stereocenters. The van der Waals surface area contributed by atoms with Crippen molar-refractivity contribution in [1.82, 2.24) is 16.2 Å². The number of rotatable bonds is 6.